The maximum atomic E-state index is 13.0. The third kappa shape index (κ3) is 3.60. The van der Waals surface area contributed by atoms with Crippen molar-refractivity contribution in [2.24, 2.45) is 0 Å². The maximum Gasteiger partial charge on any atom is 0.416 e. The summed E-state index contributed by atoms with van der Waals surface area (Å²) in [6.07, 6.45) is -0.569. The number of aromatic nitrogens is 3. The van der Waals surface area contributed by atoms with E-state index in [9.17, 15) is 18.0 Å². The average Bonchev–Trinajstić information content (AvgIpc) is 3.06. The molecule has 2 aromatic heterocycles. The lowest BCUT2D eigenvalue weighted by Gasteiger charge is -2.15. The molecule has 1 aromatic carbocycles. The van der Waals surface area contributed by atoms with Crippen LogP contribution in [0.5, 0.6) is 0 Å². The zero-order valence-electron chi connectivity index (χ0n) is 14.4. The predicted octanol–water partition coefficient (Wildman–Crippen LogP) is 3.82. The molecule has 0 spiro atoms. The third-order valence-corrected chi connectivity index (χ3v) is 4.69. The summed E-state index contributed by atoms with van der Waals surface area (Å²) in [6.45, 7) is 0.526. The Labute approximate surface area is 163 Å². The van der Waals surface area contributed by atoms with E-state index in [4.69, 9.17) is 11.6 Å². The van der Waals surface area contributed by atoms with E-state index < -0.39 is 11.7 Å². The van der Waals surface area contributed by atoms with Gasteiger partial charge < -0.3 is 5.32 Å². The third-order valence-electron chi connectivity index (χ3n) is 4.48. The van der Waals surface area contributed by atoms with Gasteiger partial charge in [0.15, 0.2) is 0 Å². The minimum absolute atomic E-state index is 0.0214. The van der Waals surface area contributed by atoms with Gasteiger partial charge in [-0.05, 0) is 35.9 Å². The van der Waals surface area contributed by atoms with E-state index >= 15 is 0 Å². The first-order valence-corrected chi connectivity index (χ1v) is 8.86. The van der Waals surface area contributed by atoms with Crippen molar-refractivity contribution in [2.75, 3.05) is 6.54 Å². The van der Waals surface area contributed by atoms with Crippen LogP contribution >= 0.6 is 11.6 Å². The Morgan fingerprint density at radius 2 is 2.04 bits per heavy atom. The molecule has 0 atom stereocenters. The standard InChI is InChI=1S/C19H14ClF3N4O/c20-13-6-11(5-12(8-13)19(21,22)23)7-14-9-15(1-3-24-14)27-17-2-4-25-18(28)16(17)10-26-27/h1,3,5-6,8-10H,2,4,7H2,(H,25,28). The molecule has 1 aliphatic heterocycles. The molecule has 0 aliphatic carbocycles. The van der Waals surface area contributed by atoms with Crippen molar-refractivity contribution < 1.29 is 18.0 Å². The topological polar surface area (TPSA) is 59.8 Å². The fourth-order valence-electron chi connectivity index (χ4n) is 3.24. The number of amides is 1. The molecular weight excluding hydrogens is 393 g/mol. The molecule has 28 heavy (non-hydrogen) atoms. The first kappa shape index (κ1) is 18.5. The summed E-state index contributed by atoms with van der Waals surface area (Å²) < 4.78 is 40.7. The molecule has 5 nitrogen and oxygen atoms in total. The molecule has 0 radical (unpaired) electrons. The number of carbonyl (C=O) groups is 1. The van der Waals surface area contributed by atoms with Crippen LogP contribution in [0.4, 0.5) is 13.2 Å². The van der Waals surface area contributed by atoms with Crippen molar-refractivity contribution in [2.45, 2.75) is 19.0 Å². The number of nitrogens with zero attached hydrogens (tertiary/aromatic N) is 3. The van der Waals surface area contributed by atoms with Crippen molar-refractivity contribution >= 4 is 17.5 Å². The fraction of sp³-hybridized carbons (Fsp3) is 0.211. The molecule has 9 heteroatoms. The van der Waals surface area contributed by atoms with Gasteiger partial charge in [0, 0.05) is 36.3 Å². The highest BCUT2D eigenvalue weighted by Gasteiger charge is 2.31. The van der Waals surface area contributed by atoms with E-state index in [-0.39, 0.29) is 17.4 Å². The number of halogens is 4. The molecule has 0 unspecified atom stereocenters. The summed E-state index contributed by atoms with van der Waals surface area (Å²) in [6, 6.07) is 6.94. The van der Waals surface area contributed by atoms with E-state index in [0.717, 1.165) is 17.8 Å². The van der Waals surface area contributed by atoms with Gasteiger partial charge in [0.2, 0.25) is 0 Å². The van der Waals surface area contributed by atoms with Crippen LogP contribution in [0, 0.1) is 0 Å². The number of carbonyl (C=O) groups excluding carboxylic acids is 1. The van der Waals surface area contributed by atoms with E-state index in [2.05, 4.69) is 15.4 Å². The summed E-state index contributed by atoms with van der Waals surface area (Å²) in [5, 5.41) is 7.07. The average molecular weight is 407 g/mol. The SMILES string of the molecule is O=C1NCCc2c1cnn2-c1ccnc(Cc2cc(Cl)cc(C(F)(F)F)c2)c1. The molecule has 3 aromatic rings. The first-order chi connectivity index (χ1) is 13.3. The molecule has 0 fully saturated rings. The highest BCUT2D eigenvalue weighted by atomic mass is 35.5. The van der Waals surface area contributed by atoms with Crippen molar-refractivity contribution in [1.82, 2.24) is 20.1 Å². The van der Waals surface area contributed by atoms with E-state index in [1.54, 1.807) is 23.0 Å². The second kappa shape index (κ2) is 6.94. The Hall–Kier alpha value is -2.87. The Morgan fingerprint density at radius 3 is 2.82 bits per heavy atom. The first-order valence-electron chi connectivity index (χ1n) is 8.48. The van der Waals surface area contributed by atoms with Crippen LogP contribution in [0.1, 0.15) is 32.9 Å². The van der Waals surface area contributed by atoms with E-state index in [1.165, 1.54) is 12.3 Å². The van der Waals surface area contributed by atoms with Gasteiger partial charge in [0.05, 0.1) is 28.7 Å². The molecule has 4 rings (SSSR count). The lowest BCUT2D eigenvalue weighted by molar-refractivity contribution is -0.137. The van der Waals surface area contributed by atoms with Crippen molar-refractivity contribution in [3.8, 4) is 5.69 Å². The number of pyridine rings is 1. The molecule has 144 valence electrons. The van der Waals surface area contributed by atoms with Crippen LogP contribution < -0.4 is 5.32 Å². The monoisotopic (exact) mass is 406 g/mol. The number of fused-ring (bicyclic) bond motifs is 1. The normalized spacial score (nSPS) is 13.9. The molecule has 0 bridgehead atoms. The Bertz CT molecular complexity index is 1060. The van der Waals surface area contributed by atoms with Gasteiger partial charge in [-0.2, -0.15) is 18.3 Å². The van der Waals surface area contributed by atoms with E-state index in [1.807, 2.05) is 0 Å². The molecule has 0 saturated carbocycles. The van der Waals surface area contributed by atoms with Gasteiger partial charge in [0.25, 0.3) is 5.91 Å². The number of alkyl halides is 3. The number of benzene rings is 1. The summed E-state index contributed by atoms with van der Waals surface area (Å²) in [7, 11) is 0. The summed E-state index contributed by atoms with van der Waals surface area (Å²) in [5.41, 5.74) is 2.19. The van der Waals surface area contributed by atoms with Crippen LogP contribution in [0.2, 0.25) is 5.02 Å². The molecule has 1 N–H and O–H groups in total. The van der Waals surface area contributed by atoms with Crippen molar-refractivity contribution in [1.29, 1.82) is 0 Å². The summed E-state index contributed by atoms with van der Waals surface area (Å²) >= 11 is 5.86. The largest absolute Gasteiger partial charge is 0.416 e. The lowest BCUT2D eigenvalue weighted by Crippen LogP contribution is -2.32. The number of hydrogen-bond donors (Lipinski definition) is 1. The van der Waals surface area contributed by atoms with Gasteiger partial charge in [-0.15, -0.1) is 0 Å². The van der Waals surface area contributed by atoms with Gasteiger partial charge in [-0.3, -0.25) is 9.78 Å². The molecular formula is C19H14ClF3N4O. The Morgan fingerprint density at radius 1 is 1.21 bits per heavy atom. The zero-order valence-corrected chi connectivity index (χ0v) is 15.2. The number of hydrogen-bond acceptors (Lipinski definition) is 3. The Kier molecular flexibility index (Phi) is 4.58. The summed E-state index contributed by atoms with van der Waals surface area (Å²) in [4.78, 5) is 16.2. The van der Waals surface area contributed by atoms with Crippen LogP contribution in [0.15, 0.2) is 42.7 Å². The minimum atomic E-state index is -4.47. The Balaban J connectivity index is 1.66. The van der Waals surface area contributed by atoms with Crippen LogP contribution in [-0.2, 0) is 19.0 Å². The van der Waals surface area contributed by atoms with E-state index in [0.29, 0.717) is 35.5 Å². The van der Waals surface area contributed by atoms with Crippen LogP contribution in [-0.4, -0.2) is 27.2 Å². The number of nitrogens with one attached hydrogen (secondary N) is 1. The zero-order chi connectivity index (χ0) is 19.9. The van der Waals surface area contributed by atoms with Crippen molar-refractivity contribution in [3.63, 3.8) is 0 Å². The lowest BCUT2D eigenvalue weighted by atomic mass is 10.1. The van der Waals surface area contributed by atoms with Gasteiger partial charge in [0.1, 0.15) is 0 Å². The fourth-order valence-corrected chi connectivity index (χ4v) is 3.49. The highest BCUT2D eigenvalue weighted by Crippen LogP contribution is 2.32. The van der Waals surface area contributed by atoms with Crippen LogP contribution in [0.25, 0.3) is 5.69 Å². The van der Waals surface area contributed by atoms with Gasteiger partial charge >= 0.3 is 6.18 Å². The highest BCUT2D eigenvalue weighted by molar-refractivity contribution is 6.30. The quantitative estimate of drug-likeness (QED) is 0.719. The maximum absolute atomic E-state index is 13.0. The molecule has 1 aliphatic rings. The minimum Gasteiger partial charge on any atom is -0.352 e. The second-order valence-electron chi connectivity index (χ2n) is 6.45. The van der Waals surface area contributed by atoms with Gasteiger partial charge in [-0.25, -0.2) is 4.68 Å². The van der Waals surface area contributed by atoms with Gasteiger partial charge in [-0.1, -0.05) is 11.6 Å². The molecule has 0 saturated heterocycles. The predicted molar refractivity (Wildman–Crippen MR) is 96.7 cm³/mol. The number of rotatable bonds is 3. The van der Waals surface area contributed by atoms with Crippen LogP contribution in [0.3, 0.4) is 0 Å². The van der Waals surface area contributed by atoms with Crippen molar-refractivity contribution in [3.05, 3.63) is 75.8 Å². The molecule has 3 heterocycles. The summed E-state index contributed by atoms with van der Waals surface area (Å²) in [5.74, 6) is -0.166. The molecule has 1 amide bonds. The smallest absolute Gasteiger partial charge is 0.352 e. The second-order valence-corrected chi connectivity index (χ2v) is 6.89.